The molecule has 3 aromatic rings. The first-order valence-corrected chi connectivity index (χ1v) is 8.79. The third kappa shape index (κ3) is 6.21. The van der Waals surface area contributed by atoms with Gasteiger partial charge in [0.05, 0.1) is 11.1 Å². The van der Waals surface area contributed by atoms with Crippen LogP contribution in [0.5, 0.6) is 11.6 Å². The second-order valence-electron chi connectivity index (χ2n) is 6.35. The first kappa shape index (κ1) is 22.1. The van der Waals surface area contributed by atoms with E-state index in [2.05, 4.69) is 10.3 Å². The van der Waals surface area contributed by atoms with Crippen molar-refractivity contribution in [2.24, 2.45) is 0 Å². The number of allylic oxidation sites excluding steroid dienone is 1. The van der Waals surface area contributed by atoms with Gasteiger partial charge in [0.15, 0.2) is 0 Å². The fraction of sp³-hybridized carbons (Fsp3) is 0.143. The van der Waals surface area contributed by atoms with Gasteiger partial charge in [-0.15, -0.1) is 0 Å². The van der Waals surface area contributed by atoms with E-state index in [4.69, 9.17) is 4.74 Å². The van der Waals surface area contributed by atoms with Crippen molar-refractivity contribution >= 4 is 16.8 Å². The highest BCUT2D eigenvalue weighted by atomic mass is 19.4. The van der Waals surface area contributed by atoms with Crippen LogP contribution in [-0.2, 0) is 17.5 Å². The van der Waals surface area contributed by atoms with E-state index in [0.29, 0.717) is 22.5 Å². The summed E-state index contributed by atoms with van der Waals surface area (Å²) >= 11 is 0. The lowest BCUT2D eigenvalue weighted by molar-refractivity contribution is -0.137. The largest absolute Gasteiger partial charge is 0.439 e. The smallest absolute Gasteiger partial charge is 0.416 e. The summed E-state index contributed by atoms with van der Waals surface area (Å²) < 4.78 is 80.2. The molecule has 0 radical (unpaired) electrons. The Bertz CT molecular complexity index is 1110. The Labute approximate surface area is 172 Å². The molecule has 0 atom stereocenters. The van der Waals surface area contributed by atoms with Crippen molar-refractivity contribution in [1.82, 2.24) is 10.3 Å². The predicted molar refractivity (Wildman–Crippen MR) is 100 cm³/mol. The molecule has 0 aliphatic carbocycles. The monoisotopic (exact) mass is 440 g/mol. The van der Waals surface area contributed by atoms with Gasteiger partial charge >= 0.3 is 12.4 Å². The number of pyridine rings is 1. The average Bonchev–Trinajstić information content (AvgIpc) is 2.69. The average molecular weight is 440 g/mol. The van der Waals surface area contributed by atoms with Gasteiger partial charge in [-0.1, -0.05) is 18.2 Å². The maximum absolute atomic E-state index is 12.7. The number of benzene rings is 2. The number of carbonyl (C=O) groups is 1. The number of para-hydroxylation sites is 1. The Morgan fingerprint density at radius 1 is 1.00 bits per heavy atom. The van der Waals surface area contributed by atoms with Gasteiger partial charge in [0, 0.05) is 30.1 Å². The number of amides is 1. The summed E-state index contributed by atoms with van der Waals surface area (Å²) in [5.41, 5.74) is 0.143. The number of hydrogen-bond donors (Lipinski definition) is 1. The van der Waals surface area contributed by atoms with Crippen LogP contribution in [-0.4, -0.2) is 17.1 Å². The van der Waals surface area contributed by atoms with Crippen molar-refractivity contribution in [2.45, 2.75) is 18.9 Å². The molecule has 0 spiro atoms. The number of fused-ring (bicyclic) bond motifs is 1. The minimum absolute atomic E-state index is 0.0496. The highest BCUT2D eigenvalue weighted by molar-refractivity contribution is 5.88. The van der Waals surface area contributed by atoms with Crippen molar-refractivity contribution in [3.05, 3.63) is 77.9 Å². The molecular weight excluding hydrogens is 426 g/mol. The van der Waals surface area contributed by atoms with E-state index in [9.17, 15) is 31.1 Å². The van der Waals surface area contributed by atoms with Crippen molar-refractivity contribution in [3.8, 4) is 11.6 Å². The molecule has 3 rings (SSSR count). The summed E-state index contributed by atoms with van der Waals surface area (Å²) in [5.74, 6) is -0.782. The molecule has 0 unspecified atom stereocenters. The summed E-state index contributed by atoms with van der Waals surface area (Å²) in [6.45, 7) is -0.118. The van der Waals surface area contributed by atoms with E-state index in [1.165, 1.54) is 6.07 Å². The maximum Gasteiger partial charge on any atom is 0.416 e. The number of alkyl halides is 6. The topological polar surface area (TPSA) is 51.2 Å². The number of rotatable bonds is 5. The van der Waals surface area contributed by atoms with Crippen LogP contribution in [0.1, 0.15) is 11.1 Å². The quantitative estimate of drug-likeness (QED) is 0.404. The minimum atomic E-state index is -4.61. The van der Waals surface area contributed by atoms with Gasteiger partial charge in [0.2, 0.25) is 11.8 Å². The zero-order chi connectivity index (χ0) is 22.6. The van der Waals surface area contributed by atoms with Gasteiger partial charge in [-0.3, -0.25) is 4.79 Å². The van der Waals surface area contributed by atoms with Crippen LogP contribution < -0.4 is 10.1 Å². The molecule has 1 N–H and O–H groups in total. The number of hydrogen-bond acceptors (Lipinski definition) is 3. The molecule has 1 aromatic heterocycles. The Morgan fingerprint density at radius 2 is 1.68 bits per heavy atom. The Balaban J connectivity index is 1.82. The second kappa shape index (κ2) is 8.66. The van der Waals surface area contributed by atoms with E-state index in [-0.39, 0.29) is 24.3 Å². The first-order valence-electron chi connectivity index (χ1n) is 8.79. The van der Waals surface area contributed by atoms with Crippen LogP contribution in [0.3, 0.4) is 0 Å². The van der Waals surface area contributed by atoms with Gasteiger partial charge < -0.3 is 10.1 Å². The number of ether oxygens (including phenoxy) is 1. The minimum Gasteiger partial charge on any atom is -0.439 e. The molecule has 1 amide bonds. The Kier molecular flexibility index (Phi) is 6.19. The van der Waals surface area contributed by atoms with Gasteiger partial charge in [-0.25, -0.2) is 4.98 Å². The molecule has 0 fully saturated rings. The van der Waals surface area contributed by atoms with E-state index in [1.54, 1.807) is 24.3 Å². The fourth-order valence-corrected chi connectivity index (χ4v) is 2.66. The Morgan fingerprint density at radius 3 is 2.32 bits per heavy atom. The molecule has 0 aliphatic heterocycles. The Hall–Kier alpha value is -3.56. The van der Waals surface area contributed by atoms with Crippen LogP contribution in [0.2, 0.25) is 0 Å². The zero-order valence-corrected chi connectivity index (χ0v) is 15.6. The highest BCUT2D eigenvalue weighted by Crippen LogP contribution is 2.32. The van der Waals surface area contributed by atoms with E-state index < -0.39 is 23.8 Å². The van der Waals surface area contributed by atoms with Crippen LogP contribution in [0, 0.1) is 0 Å². The summed E-state index contributed by atoms with van der Waals surface area (Å²) in [5, 5.41) is 2.97. The normalized spacial score (nSPS) is 12.3. The van der Waals surface area contributed by atoms with Crippen molar-refractivity contribution in [3.63, 3.8) is 0 Å². The molecule has 162 valence electrons. The highest BCUT2D eigenvalue weighted by Gasteiger charge is 2.30. The van der Waals surface area contributed by atoms with Crippen molar-refractivity contribution in [1.29, 1.82) is 0 Å². The standard InChI is InChI=1S/C21H14F6N2O2/c22-20(23,24)10-9-18(30)28-12-13-11-19(29-17-4-2-1-3-16(13)17)31-15-7-5-14(6-8-15)21(25,26)27/h1-11H,12H2,(H,28,30)/b10-9+. The van der Waals surface area contributed by atoms with Crippen molar-refractivity contribution in [2.75, 3.05) is 0 Å². The molecule has 4 nitrogen and oxygen atoms in total. The third-order valence-corrected chi connectivity index (χ3v) is 4.06. The van der Waals surface area contributed by atoms with Gasteiger partial charge in [-0.2, -0.15) is 26.3 Å². The lowest BCUT2D eigenvalue weighted by Gasteiger charge is -2.12. The summed E-state index contributed by atoms with van der Waals surface area (Å²) in [6, 6.07) is 12.2. The SMILES string of the molecule is O=C(/C=C/C(F)(F)F)NCc1cc(Oc2ccc(C(F)(F)F)cc2)nc2ccccc12. The third-order valence-electron chi connectivity index (χ3n) is 4.06. The predicted octanol–water partition coefficient (Wildman–Crippen LogP) is 5.78. The molecule has 31 heavy (non-hydrogen) atoms. The number of carbonyl (C=O) groups excluding carboxylic acids is 1. The molecule has 1 heterocycles. The first-order chi connectivity index (χ1) is 14.5. The zero-order valence-electron chi connectivity index (χ0n) is 15.6. The molecule has 0 aliphatic rings. The van der Waals surface area contributed by atoms with E-state index in [0.717, 1.165) is 24.3 Å². The van der Waals surface area contributed by atoms with Gasteiger partial charge in [0.25, 0.3) is 0 Å². The molecule has 10 heteroatoms. The molecule has 0 saturated heterocycles. The second-order valence-corrected chi connectivity index (χ2v) is 6.35. The number of halogens is 6. The van der Waals surface area contributed by atoms with Crippen LogP contribution in [0.4, 0.5) is 26.3 Å². The maximum atomic E-state index is 12.7. The van der Waals surface area contributed by atoms with Crippen LogP contribution >= 0.6 is 0 Å². The number of nitrogens with zero attached hydrogens (tertiary/aromatic N) is 1. The lowest BCUT2D eigenvalue weighted by atomic mass is 10.1. The van der Waals surface area contributed by atoms with Crippen molar-refractivity contribution < 1.29 is 35.9 Å². The number of nitrogens with one attached hydrogen (secondary N) is 1. The molecule has 0 saturated carbocycles. The summed E-state index contributed by atoms with van der Waals surface area (Å²) in [4.78, 5) is 15.9. The van der Waals surface area contributed by atoms with Gasteiger partial charge in [0.1, 0.15) is 5.75 Å². The van der Waals surface area contributed by atoms with E-state index in [1.807, 2.05) is 0 Å². The van der Waals surface area contributed by atoms with Crippen LogP contribution in [0.25, 0.3) is 10.9 Å². The lowest BCUT2D eigenvalue weighted by Crippen LogP contribution is -2.21. The fourth-order valence-electron chi connectivity index (χ4n) is 2.66. The summed E-state index contributed by atoms with van der Waals surface area (Å²) in [6.07, 6.45) is -8.88. The van der Waals surface area contributed by atoms with Gasteiger partial charge in [-0.05, 0) is 35.9 Å². The molecule has 2 aromatic carbocycles. The number of aromatic nitrogens is 1. The molecular formula is C21H14F6N2O2. The van der Waals surface area contributed by atoms with E-state index >= 15 is 0 Å². The summed E-state index contributed by atoms with van der Waals surface area (Å²) in [7, 11) is 0. The molecule has 0 bridgehead atoms. The van der Waals surface area contributed by atoms with Crippen LogP contribution in [0.15, 0.2) is 66.7 Å².